The Morgan fingerprint density at radius 3 is 2.81 bits per heavy atom. The zero-order valence-electron chi connectivity index (χ0n) is 12.9. The first-order chi connectivity index (χ1) is 10.2. The first-order valence-electron chi connectivity index (χ1n) is 7.21. The molecule has 21 heavy (non-hydrogen) atoms. The van der Waals surface area contributed by atoms with E-state index < -0.39 is 0 Å². The topological polar surface area (TPSA) is 77.5 Å². The zero-order valence-corrected chi connectivity index (χ0v) is 12.9. The van der Waals surface area contributed by atoms with Crippen LogP contribution in [0.15, 0.2) is 6.07 Å². The van der Waals surface area contributed by atoms with E-state index in [1.807, 2.05) is 20.0 Å². The summed E-state index contributed by atoms with van der Waals surface area (Å²) < 4.78 is 16.4. The van der Waals surface area contributed by atoms with Gasteiger partial charge in [0.1, 0.15) is 23.8 Å². The Balaban J connectivity index is 2.04. The van der Waals surface area contributed by atoms with Gasteiger partial charge in [0, 0.05) is 46.4 Å². The van der Waals surface area contributed by atoms with Crippen LogP contribution in [0, 0.1) is 0 Å². The lowest BCUT2D eigenvalue weighted by atomic mass is 10.0. The fourth-order valence-corrected chi connectivity index (χ4v) is 2.19. The molecule has 118 valence electrons. The summed E-state index contributed by atoms with van der Waals surface area (Å²) in [6.45, 7) is 4.98. The minimum Gasteiger partial charge on any atom is -0.378 e. The predicted molar refractivity (Wildman–Crippen MR) is 80.6 cm³/mol. The van der Waals surface area contributed by atoms with Crippen molar-refractivity contribution in [2.45, 2.75) is 25.6 Å². The van der Waals surface area contributed by atoms with Crippen LogP contribution < -0.4 is 10.6 Å². The van der Waals surface area contributed by atoms with E-state index in [1.54, 1.807) is 7.11 Å². The van der Waals surface area contributed by atoms with Gasteiger partial charge in [-0.3, -0.25) is 0 Å². The number of nitrogens with zero attached hydrogens (tertiary/aromatic N) is 2. The summed E-state index contributed by atoms with van der Waals surface area (Å²) in [6, 6.07) is 1.87. The van der Waals surface area contributed by atoms with Crippen molar-refractivity contribution >= 4 is 11.6 Å². The van der Waals surface area contributed by atoms with E-state index in [2.05, 4.69) is 20.6 Å². The lowest BCUT2D eigenvalue weighted by molar-refractivity contribution is -0.00626. The number of ether oxygens (including phenoxy) is 3. The summed E-state index contributed by atoms with van der Waals surface area (Å²) in [5, 5.41) is 6.35. The highest BCUT2D eigenvalue weighted by molar-refractivity contribution is 5.47. The Morgan fingerprint density at radius 2 is 2.19 bits per heavy atom. The molecule has 0 aromatic carbocycles. The molecule has 0 saturated carbocycles. The molecular weight excluding hydrogens is 272 g/mol. The van der Waals surface area contributed by atoms with Crippen LogP contribution in [-0.4, -0.2) is 56.1 Å². The van der Waals surface area contributed by atoms with Gasteiger partial charge in [-0.15, -0.1) is 0 Å². The Labute approximate surface area is 125 Å². The Hall–Kier alpha value is -1.44. The van der Waals surface area contributed by atoms with E-state index in [4.69, 9.17) is 14.2 Å². The molecule has 2 N–H and O–H groups in total. The lowest BCUT2D eigenvalue weighted by Gasteiger charge is -2.26. The van der Waals surface area contributed by atoms with Crippen molar-refractivity contribution in [3.63, 3.8) is 0 Å². The van der Waals surface area contributed by atoms with Gasteiger partial charge < -0.3 is 24.8 Å². The summed E-state index contributed by atoms with van der Waals surface area (Å²) in [5.41, 5.74) is -0.273. The highest BCUT2D eigenvalue weighted by Crippen LogP contribution is 2.23. The molecular formula is C14H24N4O3. The van der Waals surface area contributed by atoms with Crippen molar-refractivity contribution in [1.29, 1.82) is 0 Å². The van der Waals surface area contributed by atoms with Crippen LogP contribution in [0.4, 0.5) is 11.6 Å². The molecule has 7 heteroatoms. The lowest BCUT2D eigenvalue weighted by Crippen LogP contribution is -2.39. The number of nitrogens with one attached hydrogen (secondary N) is 2. The summed E-state index contributed by atoms with van der Waals surface area (Å²) in [6.07, 6.45) is 0.881. The molecule has 7 nitrogen and oxygen atoms in total. The maximum Gasteiger partial charge on any atom is 0.158 e. The standard InChI is InChI=1S/C14H24N4O3/c1-4-20-8-13-17-11(15-2)7-12(18-13)16-9-14(19-3)5-6-21-10-14/h7H,4-6,8-10H2,1-3H3,(H2,15,16,17,18). The third-order valence-electron chi connectivity index (χ3n) is 3.56. The van der Waals surface area contributed by atoms with Crippen LogP contribution in [0.1, 0.15) is 19.2 Å². The number of rotatable bonds is 8. The molecule has 1 saturated heterocycles. The second-order valence-corrected chi connectivity index (χ2v) is 4.99. The quantitative estimate of drug-likeness (QED) is 0.748. The largest absolute Gasteiger partial charge is 0.378 e. The molecule has 1 aliphatic heterocycles. The molecule has 2 rings (SSSR count). The van der Waals surface area contributed by atoms with E-state index >= 15 is 0 Å². The highest BCUT2D eigenvalue weighted by atomic mass is 16.5. The van der Waals surface area contributed by atoms with Gasteiger partial charge in [0.2, 0.25) is 0 Å². The minimum atomic E-state index is -0.273. The van der Waals surface area contributed by atoms with Crippen LogP contribution >= 0.6 is 0 Å². The van der Waals surface area contributed by atoms with Gasteiger partial charge in [-0.1, -0.05) is 0 Å². The van der Waals surface area contributed by atoms with Gasteiger partial charge in [-0.05, 0) is 6.92 Å². The van der Waals surface area contributed by atoms with Crippen LogP contribution in [0.2, 0.25) is 0 Å². The van der Waals surface area contributed by atoms with E-state index in [-0.39, 0.29) is 5.60 Å². The summed E-state index contributed by atoms with van der Waals surface area (Å²) in [4.78, 5) is 8.83. The van der Waals surface area contributed by atoms with E-state index in [1.165, 1.54) is 0 Å². The second kappa shape index (κ2) is 7.53. The number of hydrogen-bond donors (Lipinski definition) is 2. The summed E-state index contributed by atoms with van der Waals surface area (Å²) >= 11 is 0. The van der Waals surface area contributed by atoms with Gasteiger partial charge in [0.15, 0.2) is 5.82 Å². The molecule has 1 aromatic rings. The monoisotopic (exact) mass is 296 g/mol. The summed E-state index contributed by atoms with van der Waals surface area (Å²) in [5.74, 6) is 2.17. The van der Waals surface area contributed by atoms with Crippen molar-refractivity contribution in [2.75, 3.05) is 51.2 Å². The Kier molecular flexibility index (Phi) is 5.72. The smallest absolute Gasteiger partial charge is 0.158 e. The van der Waals surface area contributed by atoms with E-state index in [0.29, 0.717) is 32.2 Å². The molecule has 0 radical (unpaired) electrons. The second-order valence-electron chi connectivity index (χ2n) is 4.99. The van der Waals surface area contributed by atoms with Crippen LogP contribution in [0.25, 0.3) is 0 Å². The average molecular weight is 296 g/mol. The molecule has 1 fully saturated rings. The molecule has 1 unspecified atom stereocenters. The predicted octanol–water partition coefficient (Wildman–Crippen LogP) is 1.27. The molecule has 2 heterocycles. The Bertz CT molecular complexity index is 450. The molecule has 1 aromatic heterocycles. The van der Waals surface area contributed by atoms with Crippen molar-refractivity contribution < 1.29 is 14.2 Å². The molecule has 0 aliphatic carbocycles. The normalized spacial score (nSPS) is 21.5. The zero-order chi connectivity index (χ0) is 15.1. The molecule has 1 atom stereocenters. The van der Waals surface area contributed by atoms with Gasteiger partial charge >= 0.3 is 0 Å². The van der Waals surface area contributed by atoms with Gasteiger partial charge in [-0.25, -0.2) is 9.97 Å². The van der Waals surface area contributed by atoms with Crippen LogP contribution in [-0.2, 0) is 20.8 Å². The van der Waals surface area contributed by atoms with Crippen molar-refractivity contribution in [2.24, 2.45) is 0 Å². The Morgan fingerprint density at radius 1 is 1.38 bits per heavy atom. The van der Waals surface area contributed by atoms with Crippen molar-refractivity contribution in [3.05, 3.63) is 11.9 Å². The average Bonchev–Trinajstić information content (AvgIpc) is 3.00. The van der Waals surface area contributed by atoms with Gasteiger partial charge in [0.25, 0.3) is 0 Å². The van der Waals surface area contributed by atoms with E-state index in [9.17, 15) is 0 Å². The van der Waals surface area contributed by atoms with Gasteiger partial charge in [-0.2, -0.15) is 0 Å². The first-order valence-corrected chi connectivity index (χ1v) is 7.21. The summed E-state index contributed by atoms with van der Waals surface area (Å²) in [7, 11) is 3.55. The van der Waals surface area contributed by atoms with Gasteiger partial charge in [0.05, 0.1) is 6.61 Å². The van der Waals surface area contributed by atoms with Crippen LogP contribution in [0.3, 0.4) is 0 Å². The maximum absolute atomic E-state index is 5.60. The maximum atomic E-state index is 5.60. The third kappa shape index (κ3) is 4.26. The molecule has 0 spiro atoms. The fraction of sp³-hybridized carbons (Fsp3) is 0.714. The molecule has 1 aliphatic rings. The van der Waals surface area contributed by atoms with Crippen molar-refractivity contribution in [3.8, 4) is 0 Å². The highest BCUT2D eigenvalue weighted by Gasteiger charge is 2.34. The molecule has 0 bridgehead atoms. The fourth-order valence-electron chi connectivity index (χ4n) is 2.19. The first kappa shape index (κ1) is 15.9. The van der Waals surface area contributed by atoms with E-state index in [0.717, 1.165) is 24.7 Å². The molecule has 0 amide bonds. The number of hydrogen-bond acceptors (Lipinski definition) is 7. The number of anilines is 2. The number of aromatic nitrogens is 2. The SMILES string of the molecule is CCOCc1nc(NC)cc(NCC2(OC)CCOC2)n1. The number of methoxy groups -OCH3 is 1. The third-order valence-corrected chi connectivity index (χ3v) is 3.56. The van der Waals surface area contributed by atoms with Crippen LogP contribution in [0.5, 0.6) is 0 Å². The van der Waals surface area contributed by atoms with Crippen molar-refractivity contribution in [1.82, 2.24) is 9.97 Å². The minimum absolute atomic E-state index is 0.273.